The summed E-state index contributed by atoms with van der Waals surface area (Å²) in [4.78, 5) is 12.9. The molecule has 0 saturated heterocycles. The predicted molar refractivity (Wildman–Crippen MR) is 68.1 cm³/mol. The van der Waals surface area contributed by atoms with Gasteiger partial charge >= 0.3 is 6.01 Å². The zero-order chi connectivity index (χ0) is 13.4. The molecule has 1 aromatic rings. The van der Waals surface area contributed by atoms with E-state index in [0.29, 0.717) is 31.4 Å². The Morgan fingerprint density at radius 1 is 1.33 bits per heavy atom. The van der Waals surface area contributed by atoms with Crippen LogP contribution in [-0.4, -0.2) is 48.2 Å². The van der Waals surface area contributed by atoms with Gasteiger partial charge in [0, 0.05) is 27.1 Å². The van der Waals surface area contributed by atoms with E-state index < -0.39 is 0 Å². The quantitative estimate of drug-likeness (QED) is 0.657. The van der Waals surface area contributed by atoms with Crippen molar-refractivity contribution in [2.24, 2.45) is 0 Å². The van der Waals surface area contributed by atoms with E-state index in [-0.39, 0.29) is 5.91 Å². The van der Waals surface area contributed by atoms with Crippen LogP contribution in [-0.2, 0) is 11.3 Å². The highest BCUT2D eigenvalue weighted by Gasteiger charge is 2.07. The molecule has 0 spiro atoms. The van der Waals surface area contributed by atoms with Gasteiger partial charge in [-0.25, -0.2) is 0 Å². The lowest BCUT2D eigenvalue weighted by Crippen LogP contribution is -2.23. The molecule has 0 bridgehead atoms. The third-order valence-electron chi connectivity index (χ3n) is 2.28. The fraction of sp³-hybridized carbons (Fsp3) is 0.727. The molecule has 0 atom stereocenters. The number of nitrogens with zero attached hydrogens (tertiary/aromatic N) is 3. The number of hydrogen-bond acceptors (Lipinski definition) is 6. The molecule has 0 aliphatic rings. The molecule has 1 rings (SSSR count). The first-order valence-electron chi connectivity index (χ1n) is 6.10. The molecule has 0 aromatic carbocycles. The summed E-state index contributed by atoms with van der Waals surface area (Å²) in [5.74, 6) is 0.608. The van der Waals surface area contributed by atoms with Crippen LogP contribution < -0.4 is 10.6 Å². The average Bonchev–Trinajstić information content (AvgIpc) is 2.77. The Balaban J connectivity index is 2.24. The molecule has 18 heavy (non-hydrogen) atoms. The second kappa shape index (κ2) is 7.65. The molecule has 0 aliphatic heterocycles. The molecular weight excluding hydrogens is 234 g/mol. The van der Waals surface area contributed by atoms with Crippen LogP contribution in [0.4, 0.5) is 6.01 Å². The number of carbonyl (C=O) groups is 1. The maximum atomic E-state index is 11.3. The first kappa shape index (κ1) is 14.4. The average molecular weight is 255 g/mol. The number of carbonyl (C=O) groups excluding carboxylic acids is 1. The highest BCUT2D eigenvalue weighted by molar-refractivity contribution is 5.75. The summed E-state index contributed by atoms with van der Waals surface area (Å²) in [6, 6.07) is 0.356. The molecule has 0 unspecified atom stereocenters. The van der Waals surface area contributed by atoms with Crippen LogP contribution in [0.2, 0.25) is 0 Å². The highest BCUT2D eigenvalue weighted by Crippen LogP contribution is 2.05. The van der Waals surface area contributed by atoms with E-state index in [0.717, 1.165) is 13.0 Å². The van der Waals surface area contributed by atoms with Gasteiger partial charge < -0.3 is 20.0 Å². The van der Waals surface area contributed by atoms with Crippen LogP contribution >= 0.6 is 0 Å². The van der Waals surface area contributed by atoms with E-state index in [9.17, 15) is 4.79 Å². The molecule has 0 saturated carbocycles. The number of rotatable bonds is 8. The lowest BCUT2D eigenvalue weighted by atomic mass is 10.4. The molecule has 1 amide bonds. The molecule has 102 valence electrons. The van der Waals surface area contributed by atoms with Crippen molar-refractivity contribution in [2.45, 2.75) is 26.3 Å². The lowest BCUT2D eigenvalue weighted by Gasteiger charge is -2.09. The Kier molecular flexibility index (Phi) is 6.13. The SMILES string of the molecule is CCCNCc1nnc(NCCC(=O)N(C)C)o1. The zero-order valence-corrected chi connectivity index (χ0v) is 11.2. The summed E-state index contributed by atoms with van der Waals surface area (Å²) in [6.45, 7) is 4.07. The van der Waals surface area contributed by atoms with E-state index in [1.54, 1.807) is 19.0 Å². The summed E-state index contributed by atoms with van der Waals surface area (Å²) in [6.07, 6.45) is 1.46. The number of nitrogens with one attached hydrogen (secondary N) is 2. The molecule has 7 heteroatoms. The molecule has 2 N–H and O–H groups in total. The highest BCUT2D eigenvalue weighted by atomic mass is 16.4. The second-order valence-corrected chi connectivity index (χ2v) is 4.14. The number of amides is 1. The van der Waals surface area contributed by atoms with Gasteiger partial charge in [0.25, 0.3) is 0 Å². The normalized spacial score (nSPS) is 10.4. The van der Waals surface area contributed by atoms with Crippen LogP contribution in [0.25, 0.3) is 0 Å². The van der Waals surface area contributed by atoms with Crippen molar-refractivity contribution < 1.29 is 9.21 Å². The minimum Gasteiger partial charge on any atom is -0.407 e. The lowest BCUT2D eigenvalue weighted by molar-refractivity contribution is -0.128. The van der Waals surface area contributed by atoms with Gasteiger partial charge in [-0.3, -0.25) is 4.79 Å². The molecule has 0 fully saturated rings. The Hall–Kier alpha value is -1.63. The minimum atomic E-state index is 0.0619. The van der Waals surface area contributed by atoms with Crippen LogP contribution in [0.1, 0.15) is 25.7 Å². The molecular formula is C11H21N5O2. The van der Waals surface area contributed by atoms with Gasteiger partial charge in [0.2, 0.25) is 11.8 Å². The zero-order valence-electron chi connectivity index (χ0n) is 11.2. The first-order valence-corrected chi connectivity index (χ1v) is 6.10. The number of hydrogen-bond donors (Lipinski definition) is 2. The van der Waals surface area contributed by atoms with E-state index in [1.807, 2.05) is 0 Å². The molecule has 7 nitrogen and oxygen atoms in total. The largest absolute Gasteiger partial charge is 0.407 e. The van der Waals surface area contributed by atoms with Gasteiger partial charge in [0.15, 0.2) is 0 Å². The second-order valence-electron chi connectivity index (χ2n) is 4.14. The van der Waals surface area contributed by atoms with E-state index in [2.05, 4.69) is 27.8 Å². The standard InChI is InChI=1S/C11H21N5O2/c1-4-6-12-8-9-14-15-11(18-9)13-7-5-10(17)16(2)3/h12H,4-8H2,1-3H3,(H,13,15). The molecule has 0 aliphatic carbocycles. The van der Waals surface area contributed by atoms with Gasteiger partial charge in [0.1, 0.15) is 0 Å². The topological polar surface area (TPSA) is 83.3 Å². The first-order chi connectivity index (χ1) is 8.63. The van der Waals surface area contributed by atoms with Gasteiger partial charge in [-0.05, 0) is 13.0 Å². The molecule has 1 heterocycles. The van der Waals surface area contributed by atoms with Crippen LogP contribution in [0.15, 0.2) is 4.42 Å². The van der Waals surface area contributed by atoms with Gasteiger partial charge in [0.05, 0.1) is 6.54 Å². The van der Waals surface area contributed by atoms with Crippen molar-refractivity contribution in [1.82, 2.24) is 20.4 Å². The van der Waals surface area contributed by atoms with Crippen molar-refractivity contribution in [1.29, 1.82) is 0 Å². The summed E-state index contributed by atoms with van der Waals surface area (Å²) in [5, 5.41) is 13.8. The van der Waals surface area contributed by atoms with Crippen LogP contribution in [0.3, 0.4) is 0 Å². The van der Waals surface area contributed by atoms with Crippen molar-refractivity contribution in [3.05, 3.63) is 5.89 Å². The minimum absolute atomic E-state index is 0.0619. The monoisotopic (exact) mass is 255 g/mol. The van der Waals surface area contributed by atoms with Crippen LogP contribution in [0, 0.1) is 0 Å². The smallest absolute Gasteiger partial charge is 0.315 e. The van der Waals surface area contributed by atoms with E-state index in [1.165, 1.54) is 0 Å². The predicted octanol–water partition coefficient (Wildman–Crippen LogP) is 0.459. The summed E-state index contributed by atoms with van der Waals surface area (Å²) in [7, 11) is 3.46. The summed E-state index contributed by atoms with van der Waals surface area (Å²) < 4.78 is 5.35. The fourth-order valence-electron chi connectivity index (χ4n) is 1.27. The maximum Gasteiger partial charge on any atom is 0.315 e. The fourth-order valence-corrected chi connectivity index (χ4v) is 1.27. The van der Waals surface area contributed by atoms with Crippen molar-refractivity contribution in [3.63, 3.8) is 0 Å². The number of anilines is 1. The number of aromatic nitrogens is 2. The third kappa shape index (κ3) is 5.13. The molecule has 1 aromatic heterocycles. The molecule has 0 radical (unpaired) electrons. The Morgan fingerprint density at radius 2 is 2.11 bits per heavy atom. The Bertz CT molecular complexity index is 364. The van der Waals surface area contributed by atoms with Gasteiger partial charge in [-0.15, -0.1) is 5.10 Å². The van der Waals surface area contributed by atoms with Gasteiger partial charge in [-0.1, -0.05) is 12.0 Å². The van der Waals surface area contributed by atoms with Crippen molar-refractivity contribution in [2.75, 3.05) is 32.5 Å². The van der Waals surface area contributed by atoms with Gasteiger partial charge in [-0.2, -0.15) is 0 Å². The Morgan fingerprint density at radius 3 is 2.78 bits per heavy atom. The Labute approximate surface area is 107 Å². The van der Waals surface area contributed by atoms with Crippen molar-refractivity contribution in [3.8, 4) is 0 Å². The summed E-state index contributed by atoms with van der Waals surface area (Å²) >= 11 is 0. The van der Waals surface area contributed by atoms with Crippen LogP contribution in [0.5, 0.6) is 0 Å². The van der Waals surface area contributed by atoms with Crippen molar-refractivity contribution >= 4 is 11.9 Å². The summed E-state index contributed by atoms with van der Waals surface area (Å²) in [5.41, 5.74) is 0. The third-order valence-corrected chi connectivity index (χ3v) is 2.28. The maximum absolute atomic E-state index is 11.3. The van der Waals surface area contributed by atoms with E-state index >= 15 is 0 Å². The van der Waals surface area contributed by atoms with E-state index in [4.69, 9.17) is 4.42 Å².